The average molecular weight is 428 g/mol. The lowest BCUT2D eigenvalue weighted by Gasteiger charge is -2.34. The Kier molecular flexibility index (Phi) is 7.63. The molecule has 0 bridgehead atoms. The number of nitrogens with zero attached hydrogens (tertiary/aromatic N) is 2. The summed E-state index contributed by atoms with van der Waals surface area (Å²) in [6, 6.07) is 18.1. The van der Waals surface area contributed by atoms with E-state index in [1.165, 1.54) is 5.56 Å². The van der Waals surface area contributed by atoms with Crippen LogP contribution in [0.1, 0.15) is 12.0 Å². The second kappa shape index (κ2) is 10.4. The van der Waals surface area contributed by atoms with Crippen LogP contribution >= 0.6 is 15.9 Å². The Morgan fingerprint density at radius 2 is 1.63 bits per heavy atom. The van der Waals surface area contributed by atoms with Gasteiger partial charge in [-0.15, -0.1) is 0 Å². The van der Waals surface area contributed by atoms with E-state index in [4.69, 9.17) is 0 Å². The number of benzene rings is 2. The van der Waals surface area contributed by atoms with Crippen molar-refractivity contribution in [2.24, 2.45) is 0 Å². The molecule has 0 saturated carbocycles. The van der Waals surface area contributed by atoms with Crippen molar-refractivity contribution in [2.45, 2.75) is 6.42 Å². The molecule has 1 saturated heterocycles. The summed E-state index contributed by atoms with van der Waals surface area (Å²) in [5, 5.41) is 2.95. The minimum atomic E-state index is 0.0746. The van der Waals surface area contributed by atoms with Crippen LogP contribution in [-0.4, -0.2) is 55.0 Å². The lowest BCUT2D eigenvalue weighted by Crippen LogP contribution is -2.46. The summed E-state index contributed by atoms with van der Waals surface area (Å²) in [7, 11) is 0. The van der Waals surface area contributed by atoms with Crippen LogP contribution in [0.3, 0.4) is 0 Å². The van der Waals surface area contributed by atoms with Crippen molar-refractivity contribution in [2.75, 3.05) is 44.6 Å². The summed E-state index contributed by atoms with van der Waals surface area (Å²) in [4.78, 5) is 16.9. The van der Waals surface area contributed by atoms with Crippen molar-refractivity contribution in [3.63, 3.8) is 0 Å². The Hall–Kier alpha value is -1.95. The average Bonchev–Trinajstić information content (AvgIpc) is 2.70. The molecule has 2 aromatic rings. The number of rotatable bonds is 7. The minimum Gasteiger partial charge on any atom is -0.326 e. The van der Waals surface area contributed by atoms with Crippen LogP contribution in [0.25, 0.3) is 6.08 Å². The van der Waals surface area contributed by atoms with Gasteiger partial charge in [-0.2, -0.15) is 0 Å². The van der Waals surface area contributed by atoms with Gasteiger partial charge in [0.25, 0.3) is 0 Å². The highest BCUT2D eigenvalue weighted by atomic mass is 79.9. The second-order valence-electron chi connectivity index (χ2n) is 6.76. The quantitative estimate of drug-likeness (QED) is 0.721. The van der Waals surface area contributed by atoms with E-state index in [2.05, 4.69) is 67.5 Å². The van der Waals surface area contributed by atoms with Gasteiger partial charge in [0.1, 0.15) is 0 Å². The first-order valence-electron chi connectivity index (χ1n) is 9.41. The Morgan fingerprint density at radius 3 is 2.33 bits per heavy atom. The smallest absolute Gasteiger partial charge is 0.225 e. The molecule has 142 valence electrons. The lowest BCUT2D eigenvalue weighted by molar-refractivity contribution is -0.116. The van der Waals surface area contributed by atoms with Crippen LogP contribution in [0.4, 0.5) is 5.69 Å². The summed E-state index contributed by atoms with van der Waals surface area (Å²) in [5.41, 5.74) is 2.09. The molecule has 27 heavy (non-hydrogen) atoms. The molecular weight excluding hydrogens is 402 g/mol. The largest absolute Gasteiger partial charge is 0.326 e. The van der Waals surface area contributed by atoms with Gasteiger partial charge in [0, 0.05) is 55.8 Å². The summed E-state index contributed by atoms with van der Waals surface area (Å²) >= 11 is 3.40. The zero-order chi connectivity index (χ0) is 18.9. The van der Waals surface area contributed by atoms with Gasteiger partial charge < -0.3 is 10.2 Å². The number of piperazine rings is 1. The van der Waals surface area contributed by atoms with Crippen molar-refractivity contribution >= 4 is 33.6 Å². The predicted octanol–water partition coefficient (Wildman–Crippen LogP) is 4.11. The van der Waals surface area contributed by atoms with Crippen molar-refractivity contribution in [1.29, 1.82) is 0 Å². The molecule has 1 heterocycles. The lowest BCUT2D eigenvalue weighted by atomic mass is 10.2. The Morgan fingerprint density at radius 1 is 0.963 bits per heavy atom. The third-order valence-electron chi connectivity index (χ3n) is 4.72. The summed E-state index contributed by atoms with van der Waals surface area (Å²) in [6.45, 7) is 5.93. The van der Waals surface area contributed by atoms with Crippen molar-refractivity contribution in [3.05, 3.63) is 70.7 Å². The van der Waals surface area contributed by atoms with E-state index in [-0.39, 0.29) is 5.91 Å². The number of carbonyl (C=O) groups is 1. The van der Waals surface area contributed by atoms with Gasteiger partial charge in [0.2, 0.25) is 5.91 Å². The zero-order valence-electron chi connectivity index (χ0n) is 15.5. The predicted molar refractivity (Wildman–Crippen MR) is 116 cm³/mol. The molecule has 0 spiro atoms. The number of hydrogen-bond acceptors (Lipinski definition) is 3. The molecule has 1 amide bonds. The molecule has 3 rings (SSSR count). The summed E-state index contributed by atoms with van der Waals surface area (Å²) < 4.78 is 1.01. The van der Waals surface area contributed by atoms with E-state index in [0.29, 0.717) is 6.42 Å². The highest BCUT2D eigenvalue weighted by molar-refractivity contribution is 9.10. The van der Waals surface area contributed by atoms with Crippen LogP contribution in [0.5, 0.6) is 0 Å². The van der Waals surface area contributed by atoms with Crippen LogP contribution < -0.4 is 5.32 Å². The van der Waals surface area contributed by atoms with Crippen molar-refractivity contribution in [3.8, 4) is 0 Å². The number of carbonyl (C=O) groups excluding carboxylic acids is 1. The summed E-state index contributed by atoms with van der Waals surface area (Å²) in [5.74, 6) is 0.0746. The van der Waals surface area contributed by atoms with Gasteiger partial charge >= 0.3 is 0 Å². The van der Waals surface area contributed by atoms with Crippen LogP contribution in [0.15, 0.2) is 65.1 Å². The van der Waals surface area contributed by atoms with Gasteiger partial charge in [-0.3, -0.25) is 9.69 Å². The van der Waals surface area contributed by atoms with Crippen LogP contribution in [0, 0.1) is 0 Å². The Balaban J connectivity index is 1.32. The topological polar surface area (TPSA) is 35.6 Å². The van der Waals surface area contributed by atoms with Crippen molar-refractivity contribution in [1.82, 2.24) is 9.80 Å². The Bertz CT molecular complexity index is 738. The fourth-order valence-corrected chi connectivity index (χ4v) is 3.38. The van der Waals surface area contributed by atoms with Crippen LogP contribution in [-0.2, 0) is 4.79 Å². The van der Waals surface area contributed by atoms with E-state index >= 15 is 0 Å². The highest BCUT2D eigenvalue weighted by Crippen LogP contribution is 2.14. The van der Waals surface area contributed by atoms with E-state index in [1.807, 2.05) is 30.3 Å². The molecule has 0 aliphatic carbocycles. The standard InChI is InChI=1S/C22H26BrN3O/c23-20-8-10-21(11-9-20)24-22(27)12-14-26-17-15-25(16-18-26)13-4-7-19-5-2-1-3-6-19/h1-11H,12-18H2,(H,24,27). The highest BCUT2D eigenvalue weighted by Gasteiger charge is 2.16. The minimum absolute atomic E-state index is 0.0746. The third kappa shape index (κ3) is 6.94. The Labute approximate surface area is 170 Å². The van der Waals surface area contributed by atoms with Gasteiger partial charge in [0.05, 0.1) is 0 Å². The second-order valence-corrected chi connectivity index (χ2v) is 7.68. The number of amides is 1. The molecule has 1 aliphatic rings. The number of hydrogen-bond donors (Lipinski definition) is 1. The molecular formula is C22H26BrN3O. The van der Waals surface area contributed by atoms with E-state index < -0.39 is 0 Å². The first-order chi connectivity index (χ1) is 13.2. The number of nitrogens with one attached hydrogen (secondary N) is 1. The molecule has 1 fully saturated rings. The van der Waals surface area contributed by atoms with Gasteiger partial charge in [-0.1, -0.05) is 58.4 Å². The monoisotopic (exact) mass is 427 g/mol. The van der Waals surface area contributed by atoms with E-state index in [1.54, 1.807) is 0 Å². The third-order valence-corrected chi connectivity index (χ3v) is 5.25. The molecule has 1 N–H and O–H groups in total. The molecule has 0 radical (unpaired) electrons. The van der Waals surface area contributed by atoms with Crippen molar-refractivity contribution < 1.29 is 4.79 Å². The van der Waals surface area contributed by atoms with Gasteiger partial charge in [-0.05, 0) is 29.8 Å². The molecule has 0 aromatic heterocycles. The first-order valence-corrected chi connectivity index (χ1v) is 10.2. The molecule has 1 aliphatic heterocycles. The maximum atomic E-state index is 12.1. The fraction of sp³-hybridized carbons (Fsp3) is 0.318. The number of halogens is 1. The van der Waals surface area contributed by atoms with E-state index in [0.717, 1.165) is 49.4 Å². The molecule has 5 heteroatoms. The molecule has 4 nitrogen and oxygen atoms in total. The maximum absolute atomic E-state index is 12.1. The van der Waals surface area contributed by atoms with E-state index in [9.17, 15) is 4.79 Å². The molecule has 0 atom stereocenters. The zero-order valence-corrected chi connectivity index (χ0v) is 17.1. The first kappa shape index (κ1) is 19.8. The normalized spacial score (nSPS) is 15.9. The van der Waals surface area contributed by atoms with Gasteiger partial charge in [0.15, 0.2) is 0 Å². The maximum Gasteiger partial charge on any atom is 0.225 e. The summed E-state index contributed by atoms with van der Waals surface area (Å²) in [6.07, 6.45) is 4.94. The molecule has 0 unspecified atom stereocenters. The van der Waals surface area contributed by atoms with Crippen LogP contribution in [0.2, 0.25) is 0 Å². The SMILES string of the molecule is O=C(CCN1CCN(CC=Cc2ccccc2)CC1)Nc1ccc(Br)cc1. The van der Waals surface area contributed by atoms with Gasteiger partial charge in [-0.25, -0.2) is 0 Å². The molecule has 2 aromatic carbocycles. The number of anilines is 1. The fourth-order valence-electron chi connectivity index (χ4n) is 3.11.